The standard InChI is InChI=1S/C20H25NO2/c1-4-5-16-6-12-19(13-7-16)23-14-20(22)21-18-10-8-17(9-11-18)15(2)3/h6-13,15H,4-5,14H2,1-3H3,(H,21,22). The van der Waals surface area contributed by atoms with E-state index in [4.69, 9.17) is 4.74 Å². The fourth-order valence-electron chi connectivity index (χ4n) is 2.34. The first kappa shape index (κ1) is 17.1. The highest BCUT2D eigenvalue weighted by Crippen LogP contribution is 2.17. The molecule has 3 nitrogen and oxygen atoms in total. The fraction of sp³-hybridized carbons (Fsp3) is 0.350. The van der Waals surface area contributed by atoms with Crippen molar-refractivity contribution in [3.8, 4) is 5.75 Å². The third kappa shape index (κ3) is 5.44. The maximum Gasteiger partial charge on any atom is 0.262 e. The average molecular weight is 311 g/mol. The highest BCUT2D eigenvalue weighted by atomic mass is 16.5. The van der Waals surface area contributed by atoms with Crippen LogP contribution in [0.25, 0.3) is 0 Å². The highest BCUT2D eigenvalue weighted by molar-refractivity contribution is 5.91. The summed E-state index contributed by atoms with van der Waals surface area (Å²) >= 11 is 0. The molecule has 122 valence electrons. The molecule has 0 fully saturated rings. The minimum Gasteiger partial charge on any atom is -0.484 e. The Kier molecular flexibility index (Phi) is 6.21. The minimum atomic E-state index is -0.153. The molecule has 0 bridgehead atoms. The number of hydrogen-bond donors (Lipinski definition) is 1. The van der Waals surface area contributed by atoms with E-state index in [2.05, 4.69) is 26.1 Å². The van der Waals surface area contributed by atoms with Crippen molar-refractivity contribution in [2.24, 2.45) is 0 Å². The third-order valence-corrected chi connectivity index (χ3v) is 3.69. The van der Waals surface area contributed by atoms with Crippen LogP contribution in [-0.4, -0.2) is 12.5 Å². The number of rotatable bonds is 7. The summed E-state index contributed by atoms with van der Waals surface area (Å²) in [6.07, 6.45) is 2.19. The number of aryl methyl sites for hydroxylation is 1. The Morgan fingerprint density at radius 3 is 2.26 bits per heavy atom. The highest BCUT2D eigenvalue weighted by Gasteiger charge is 2.05. The Hall–Kier alpha value is -2.29. The number of amides is 1. The first-order chi connectivity index (χ1) is 11.1. The van der Waals surface area contributed by atoms with Gasteiger partial charge in [-0.05, 0) is 47.7 Å². The van der Waals surface area contributed by atoms with Crippen molar-refractivity contribution >= 4 is 11.6 Å². The van der Waals surface area contributed by atoms with E-state index in [-0.39, 0.29) is 12.5 Å². The van der Waals surface area contributed by atoms with Gasteiger partial charge in [0.1, 0.15) is 5.75 Å². The van der Waals surface area contributed by atoms with Gasteiger partial charge in [0.15, 0.2) is 6.61 Å². The summed E-state index contributed by atoms with van der Waals surface area (Å²) in [6.45, 7) is 6.46. The first-order valence-electron chi connectivity index (χ1n) is 8.20. The molecule has 0 aromatic heterocycles. The van der Waals surface area contributed by atoms with Gasteiger partial charge in [-0.3, -0.25) is 4.79 Å². The first-order valence-corrected chi connectivity index (χ1v) is 8.20. The molecule has 0 aliphatic carbocycles. The smallest absolute Gasteiger partial charge is 0.262 e. The van der Waals surface area contributed by atoms with E-state index in [0.717, 1.165) is 24.3 Å². The second-order valence-corrected chi connectivity index (χ2v) is 6.01. The van der Waals surface area contributed by atoms with Gasteiger partial charge >= 0.3 is 0 Å². The molecule has 2 rings (SSSR count). The summed E-state index contributed by atoms with van der Waals surface area (Å²) in [5.74, 6) is 1.05. The van der Waals surface area contributed by atoms with Crippen LogP contribution in [0.3, 0.4) is 0 Å². The lowest BCUT2D eigenvalue weighted by Crippen LogP contribution is -2.20. The maximum absolute atomic E-state index is 11.9. The van der Waals surface area contributed by atoms with Gasteiger partial charge in [-0.25, -0.2) is 0 Å². The Labute approximate surface area is 138 Å². The van der Waals surface area contributed by atoms with E-state index in [1.807, 2.05) is 48.5 Å². The monoisotopic (exact) mass is 311 g/mol. The van der Waals surface area contributed by atoms with Crippen LogP contribution in [0.15, 0.2) is 48.5 Å². The van der Waals surface area contributed by atoms with Crippen molar-refractivity contribution in [3.63, 3.8) is 0 Å². The molecule has 3 heteroatoms. The number of carbonyl (C=O) groups excluding carboxylic acids is 1. The van der Waals surface area contributed by atoms with Crippen LogP contribution in [-0.2, 0) is 11.2 Å². The maximum atomic E-state index is 11.9. The molecule has 0 aliphatic heterocycles. The van der Waals surface area contributed by atoms with Crippen LogP contribution in [0.2, 0.25) is 0 Å². The van der Waals surface area contributed by atoms with Crippen LogP contribution in [0.4, 0.5) is 5.69 Å². The third-order valence-electron chi connectivity index (χ3n) is 3.69. The normalized spacial score (nSPS) is 10.6. The molecule has 23 heavy (non-hydrogen) atoms. The van der Waals surface area contributed by atoms with Crippen LogP contribution >= 0.6 is 0 Å². The van der Waals surface area contributed by atoms with E-state index in [1.54, 1.807) is 0 Å². The van der Waals surface area contributed by atoms with E-state index in [0.29, 0.717) is 5.92 Å². The molecule has 0 saturated carbocycles. The SMILES string of the molecule is CCCc1ccc(OCC(=O)Nc2ccc(C(C)C)cc2)cc1. The number of ether oxygens (including phenoxy) is 1. The van der Waals surface area contributed by atoms with Gasteiger partial charge in [0.25, 0.3) is 5.91 Å². The molecule has 0 atom stereocenters. The van der Waals surface area contributed by atoms with Gasteiger partial charge in [-0.2, -0.15) is 0 Å². The summed E-state index contributed by atoms with van der Waals surface area (Å²) in [5.41, 5.74) is 3.34. The molecular weight excluding hydrogens is 286 g/mol. The second kappa shape index (κ2) is 8.37. The van der Waals surface area contributed by atoms with Crippen molar-refractivity contribution in [3.05, 3.63) is 59.7 Å². The van der Waals surface area contributed by atoms with Gasteiger partial charge in [0.05, 0.1) is 0 Å². The van der Waals surface area contributed by atoms with Crippen molar-refractivity contribution in [2.75, 3.05) is 11.9 Å². The molecular formula is C20H25NO2. The minimum absolute atomic E-state index is 0.0130. The molecule has 0 heterocycles. The zero-order valence-electron chi connectivity index (χ0n) is 14.1. The topological polar surface area (TPSA) is 38.3 Å². The van der Waals surface area contributed by atoms with Crippen molar-refractivity contribution in [1.82, 2.24) is 0 Å². The lowest BCUT2D eigenvalue weighted by Gasteiger charge is -2.10. The predicted octanol–water partition coefficient (Wildman–Crippen LogP) is 4.78. The van der Waals surface area contributed by atoms with Gasteiger partial charge in [-0.15, -0.1) is 0 Å². The molecule has 1 amide bonds. The van der Waals surface area contributed by atoms with Gasteiger partial charge in [-0.1, -0.05) is 51.5 Å². The van der Waals surface area contributed by atoms with E-state index in [1.165, 1.54) is 11.1 Å². The second-order valence-electron chi connectivity index (χ2n) is 6.01. The predicted molar refractivity (Wildman–Crippen MR) is 95.1 cm³/mol. The average Bonchev–Trinajstić information content (AvgIpc) is 2.55. The van der Waals surface area contributed by atoms with Crippen LogP contribution in [0, 0.1) is 0 Å². The molecule has 0 spiro atoms. The van der Waals surface area contributed by atoms with Crippen molar-refractivity contribution in [1.29, 1.82) is 0 Å². The van der Waals surface area contributed by atoms with E-state index >= 15 is 0 Å². The zero-order valence-corrected chi connectivity index (χ0v) is 14.1. The Bertz CT molecular complexity index is 615. The summed E-state index contributed by atoms with van der Waals surface area (Å²) < 4.78 is 5.52. The van der Waals surface area contributed by atoms with E-state index in [9.17, 15) is 4.79 Å². The zero-order chi connectivity index (χ0) is 16.7. The lowest BCUT2D eigenvalue weighted by molar-refractivity contribution is -0.118. The summed E-state index contributed by atoms with van der Waals surface area (Å²) in [6, 6.07) is 15.8. The molecule has 2 aromatic carbocycles. The van der Waals surface area contributed by atoms with Gasteiger partial charge in [0, 0.05) is 5.69 Å². The van der Waals surface area contributed by atoms with Crippen LogP contribution in [0.5, 0.6) is 5.75 Å². The van der Waals surface area contributed by atoms with Crippen LogP contribution in [0.1, 0.15) is 44.2 Å². The molecule has 0 aliphatic rings. The van der Waals surface area contributed by atoms with Gasteiger partial charge < -0.3 is 10.1 Å². The molecule has 0 saturated heterocycles. The lowest BCUT2D eigenvalue weighted by atomic mass is 10.0. The quantitative estimate of drug-likeness (QED) is 0.799. The number of nitrogens with one attached hydrogen (secondary N) is 1. The number of benzene rings is 2. The fourth-order valence-corrected chi connectivity index (χ4v) is 2.34. The summed E-state index contributed by atoms with van der Waals surface area (Å²) in [4.78, 5) is 11.9. The number of anilines is 1. The molecule has 1 N–H and O–H groups in total. The molecule has 2 aromatic rings. The Morgan fingerprint density at radius 2 is 1.70 bits per heavy atom. The summed E-state index contributed by atoms with van der Waals surface area (Å²) in [7, 11) is 0. The van der Waals surface area contributed by atoms with Crippen LogP contribution < -0.4 is 10.1 Å². The largest absolute Gasteiger partial charge is 0.484 e. The Balaban J connectivity index is 1.82. The van der Waals surface area contributed by atoms with Crippen molar-refractivity contribution < 1.29 is 9.53 Å². The van der Waals surface area contributed by atoms with Crippen molar-refractivity contribution in [2.45, 2.75) is 39.5 Å². The number of hydrogen-bond acceptors (Lipinski definition) is 2. The molecule has 0 radical (unpaired) electrons. The number of carbonyl (C=O) groups is 1. The van der Waals surface area contributed by atoms with Gasteiger partial charge in [0.2, 0.25) is 0 Å². The Morgan fingerprint density at radius 1 is 1.04 bits per heavy atom. The molecule has 0 unspecified atom stereocenters. The summed E-state index contributed by atoms with van der Waals surface area (Å²) in [5, 5.41) is 2.85. The van der Waals surface area contributed by atoms with E-state index < -0.39 is 0 Å².